The van der Waals surface area contributed by atoms with Crippen LogP contribution in [0, 0.1) is 17.0 Å². The van der Waals surface area contributed by atoms with Crippen molar-refractivity contribution in [3.05, 3.63) is 76.1 Å². The summed E-state index contributed by atoms with van der Waals surface area (Å²) in [5, 5.41) is 14.4. The fraction of sp³-hybridized carbons (Fsp3) is 0.111. The molecule has 1 aromatic heterocycles. The average molecular weight is 368 g/mol. The lowest BCUT2D eigenvalue weighted by atomic mass is 10.2. The summed E-state index contributed by atoms with van der Waals surface area (Å²) in [4.78, 5) is 27.6. The van der Waals surface area contributed by atoms with Crippen molar-refractivity contribution in [1.82, 2.24) is 9.55 Å². The number of nitro groups is 1. The van der Waals surface area contributed by atoms with Gasteiger partial charge in [0.25, 0.3) is 11.6 Å². The van der Waals surface area contributed by atoms with Crippen LogP contribution in [0.3, 0.4) is 0 Å². The maximum absolute atomic E-state index is 12.8. The standard InChI is InChI=1S/C18H16N4O3S/c1-12-8-9-14(22(24)25)10-15(12)20-17(23)16-11-19-18(26-2)21(16)13-6-4-3-5-7-13/h3-11H,1-2H3,(H,20,23). The number of rotatable bonds is 5. The van der Waals surface area contributed by atoms with Gasteiger partial charge in [-0.15, -0.1) is 0 Å². The van der Waals surface area contributed by atoms with Crippen LogP contribution < -0.4 is 5.32 Å². The zero-order valence-corrected chi connectivity index (χ0v) is 15.0. The summed E-state index contributed by atoms with van der Waals surface area (Å²) in [7, 11) is 0. The summed E-state index contributed by atoms with van der Waals surface area (Å²) in [6, 6.07) is 13.8. The number of benzene rings is 2. The van der Waals surface area contributed by atoms with E-state index in [0.29, 0.717) is 16.5 Å². The maximum atomic E-state index is 12.8. The van der Waals surface area contributed by atoms with Crippen LogP contribution in [-0.4, -0.2) is 26.6 Å². The third-order valence-corrected chi connectivity index (χ3v) is 4.49. The zero-order chi connectivity index (χ0) is 18.7. The quantitative estimate of drug-likeness (QED) is 0.417. The Morgan fingerprint density at radius 2 is 1.96 bits per heavy atom. The molecule has 8 heteroatoms. The van der Waals surface area contributed by atoms with E-state index in [-0.39, 0.29) is 11.6 Å². The summed E-state index contributed by atoms with van der Waals surface area (Å²) in [5.41, 5.74) is 2.23. The van der Waals surface area contributed by atoms with Crippen LogP contribution >= 0.6 is 11.8 Å². The van der Waals surface area contributed by atoms with Gasteiger partial charge in [0.15, 0.2) is 5.16 Å². The van der Waals surface area contributed by atoms with E-state index in [1.807, 2.05) is 36.6 Å². The number of nitrogens with zero attached hydrogens (tertiary/aromatic N) is 3. The number of imidazole rings is 1. The number of hydrogen-bond acceptors (Lipinski definition) is 5. The SMILES string of the molecule is CSc1ncc(C(=O)Nc2cc([N+](=O)[O-])ccc2C)n1-c1ccccc1. The van der Waals surface area contributed by atoms with Crippen LogP contribution in [-0.2, 0) is 0 Å². The van der Waals surface area contributed by atoms with Crippen molar-refractivity contribution in [2.75, 3.05) is 11.6 Å². The second-order valence-corrected chi connectivity index (χ2v) is 6.28. The van der Waals surface area contributed by atoms with Gasteiger partial charge in [-0.2, -0.15) is 0 Å². The first kappa shape index (κ1) is 17.7. The molecule has 1 amide bonds. The highest BCUT2D eigenvalue weighted by Crippen LogP contribution is 2.25. The summed E-state index contributed by atoms with van der Waals surface area (Å²) in [5.74, 6) is -0.384. The van der Waals surface area contributed by atoms with E-state index in [0.717, 1.165) is 11.3 Å². The summed E-state index contributed by atoms with van der Waals surface area (Å²) in [6.07, 6.45) is 3.38. The second-order valence-electron chi connectivity index (χ2n) is 5.51. The summed E-state index contributed by atoms with van der Waals surface area (Å²) < 4.78 is 1.76. The highest BCUT2D eigenvalue weighted by atomic mass is 32.2. The van der Waals surface area contributed by atoms with E-state index in [4.69, 9.17) is 0 Å². The van der Waals surface area contributed by atoms with Crippen LogP contribution in [0.1, 0.15) is 16.1 Å². The molecule has 1 N–H and O–H groups in total. The molecule has 0 aliphatic rings. The van der Waals surface area contributed by atoms with Crippen LogP contribution in [0.2, 0.25) is 0 Å². The van der Waals surface area contributed by atoms with Gasteiger partial charge >= 0.3 is 0 Å². The molecule has 0 unspecified atom stereocenters. The van der Waals surface area contributed by atoms with Gasteiger partial charge in [-0.25, -0.2) is 4.98 Å². The summed E-state index contributed by atoms with van der Waals surface area (Å²) >= 11 is 1.43. The molecule has 2 aromatic carbocycles. The molecule has 0 fully saturated rings. The van der Waals surface area contributed by atoms with Crippen LogP contribution in [0.25, 0.3) is 5.69 Å². The van der Waals surface area contributed by atoms with Gasteiger partial charge in [0.1, 0.15) is 5.69 Å². The maximum Gasteiger partial charge on any atom is 0.274 e. The molecule has 0 atom stereocenters. The molecular formula is C18H16N4O3S. The minimum atomic E-state index is -0.491. The molecule has 0 aliphatic heterocycles. The third kappa shape index (κ3) is 3.45. The Labute approximate surface area is 154 Å². The van der Waals surface area contributed by atoms with Crippen molar-refractivity contribution in [2.24, 2.45) is 0 Å². The molecule has 0 spiro atoms. The number of carbonyl (C=O) groups is 1. The van der Waals surface area contributed by atoms with Gasteiger partial charge in [-0.1, -0.05) is 36.0 Å². The molecule has 0 saturated carbocycles. The number of nitrogens with one attached hydrogen (secondary N) is 1. The van der Waals surface area contributed by atoms with Crippen molar-refractivity contribution in [2.45, 2.75) is 12.1 Å². The first-order chi connectivity index (χ1) is 12.5. The number of nitro benzene ring substituents is 1. The van der Waals surface area contributed by atoms with Crippen molar-refractivity contribution in [3.63, 3.8) is 0 Å². The molecule has 0 radical (unpaired) electrons. The van der Waals surface area contributed by atoms with Gasteiger partial charge in [0.2, 0.25) is 0 Å². The van der Waals surface area contributed by atoms with Gasteiger partial charge in [0.05, 0.1) is 16.8 Å². The Morgan fingerprint density at radius 1 is 1.23 bits per heavy atom. The number of carbonyl (C=O) groups excluding carboxylic acids is 1. The lowest BCUT2D eigenvalue weighted by Crippen LogP contribution is -2.17. The molecule has 7 nitrogen and oxygen atoms in total. The second kappa shape index (κ2) is 7.40. The van der Waals surface area contributed by atoms with Crippen molar-refractivity contribution in [3.8, 4) is 5.69 Å². The molecule has 1 heterocycles. The minimum absolute atomic E-state index is 0.0766. The highest BCUT2D eigenvalue weighted by molar-refractivity contribution is 7.98. The Balaban J connectivity index is 1.98. The molecule has 3 aromatic rings. The lowest BCUT2D eigenvalue weighted by molar-refractivity contribution is -0.384. The van der Waals surface area contributed by atoms with E-state index in [1.165, 1.54) is 30.1 Å². The largest absolute Gasteiger partial charge is 0.320 e. The number of amides is 1. The first-order valence-electron chi connectivity index (χ1n) is 7.75. The number of anilines is 1. The minimum Gasteiger partial charge on any atom is -0.320 e. The number of thioether (sulfide) groups is 1. The van der Waals surface area contributed by atoms with E-state index in [2.05, 4.69) is 10.3 Å². The first-order valence-corrected chi connectivity index (χ1v) is 8.97. The van der Waals surface area contributed by atoms with Crippen molar-refractivity contribution < 1.29 is 9.72 Å². The number of aryl methyl sites for hydroxylation is 1. The van der Waals surface area contributed by atoms with E-state index >= 15 is 0 Å². The highest BCUT2D eigenvalue weighted by Gasteiger charge is 2.19. The molecule has 0 saturated heterocycles. The molecule has 132 valence electrons. The van der Waals surface area contributed by atoms with Crippen LogP contribution in [0.15, 0.2) is 59.9 Å². The van der Waals surface area contributed by atoms with E-state index in [9.17, 15) is 14.9 Å². The fourth-order valence-corrected chi connectivity index (χ4v) is 3.05. The Morgan fingerprint density at radius 3 is 2.62 bits per heavy atom. The fourth-order valence-electron chi connectivity index (χ4n) is 2.51. The van der Waals surface area contributed by atoms with E-state index < -0.39 is 4.92 Å². The van der Waals surface area contributed by atoms with E-state index in [1.54, 1.807) is 17.6 Å². The number of non-ortho nitro benzene ring substituents is 1. The predicted molar refractivity (Wildman–Crippen MR) is 101 cm³/mol. The normalized spacial score (nSPS) is 10.5. The number of aromatic nitrogens is 2. The third-order valence-electron chi connectivity index (χ3n) is 3.84. The van der Waals surface area contributed by atoms with Gasteiger partial charge in [0, 0.05) is 17.8 Å². The van der Waals surface area contributed by atoms with Crippen molar-refractivity contribution >= 4 is 29.0 Å². The van der Waals surface area contributed by atoms with Crippen molar-refractivity contribution in [1.29, 1.82) is 0 Å². The van der Waals surface area contributed by atoms with Gasteiger partial charge in [-0.3, -0.25) is 19.5 Å². The number of hydrogen-bond donors (Lipinski definition) is 1. The Kier molecular flexibility index (Phi) is 5.04. The van der Waals surface area contributed by atoms with Crippen LogP contribution in [0.4, 0.5) is 11.4 Å². The Bertz CT molecular complexity index is 970. The molecule has 0 bridgehead atoms. The topological polar surface area (TPSA) is 90.1 Å². The zero-order valence-electron chi connectivity index (χ0n) is 14.2. The van der Waals surface area contributed by atoms with Gasteiger partial charge in [-0.05, 0) is 30.9 Å². The Hall–Kier alpha value is -3.13. The molecule has 0 aliphatic carbocycles. The molecule has 3 rings (SSSR count). The lowest BCUT2D eigenvalue weighted by Gasteiger charge is -2.12. The predicted octanol–water partition coefficient (Wildman–Crippen LogP) is 4.06. The number of para-hydroxylation sites is 1. The summed E-state index contributed by atoms with van der Waals surface area (Å²) in [6.45, 7) is 1.78. The smallest absolute Gasteiger partial charge is 0.274 e. The van der Waals surface area contributed by atoms with Gasteiger partial charge < -0.3 is 5.32 Å². The van der Waals surface area contributed by atoms with Crippen LogP contribution in [0.5, 0.6) is 0 Å². The monoisotopic (exact) mass is 368 g/mol. The molecular weight excluding hydrogens is 352 g/mol. The average Bonchev–Trinajstić information content (AvgIpc) is 3.08. The molecule has 26 heavy (non-hydrogen) atoms.